The number of hydrogen-bond donors (Lipinski definition) is 1. The molecule has 1 heterocycles. The highest BCUT2D eigenvalue weighted by atomic mass is 32.1. The molecule has 0 radical (unpaired) electrons. The Labute approximate surface area is 89.9 Å². The second-order valence-electron chi connectivity index (χ2n) is 4.14. The Morgan fingerprint density at radius 1 is 1.57 bits per heavy atom. The molecule has 14 heavy (non-hydrogen) atoms. The first-order valence-electron chi connectivity index (χ1n) is 4.84. The molecule has 0 amide bonds. The Bertz CT molecular complexity index is 291. The maximum Gasteiger partial charge on any atom is 0.107 e. The second-order valence-corrected chi connectivity index (χ2v) is 5.08. The van der Waals surface area contributed by atoms with Gasteiger partial charge in [0.05, 0.1) is 11.2 Å². The smallest absolute Gasteiger partial charge is 0.107 e. The number of thiazole rings is 1. The van der Waals surface area contributed by atoms with Crippen LogP contribution in [0.5, 0.6) is 0 Å². The molecular formula is C10H19N3S. The molecule has 0 saturated heterocycles. The minimum absolute atomic E-state index is 0.277. The third kappa shape index (κ3) is 2.77. The molecule has 1 aromatic rings. The molecule has 1 unspecified atom stereocenters. The van der Waals surface area contributed by atoms with Crippen molar-refractivity contribution in [3.8, 4) is 0 Å². The average Bonchev–Trinajstić information content (AvgIpc) is 2.52. The predicted molar refractivity (Wildman–Crippen MR) is 61.3 cm³/mol. The summed E-state index contributed by atoms with van der Waals surface area (Å²) in [4.78, 5) is 6.66. The van der Waals surface area contributed by atoms with Crippen LogP contribution in [0.2, 0.25) is 0 Å². The zero-order chi connectivity index (χ0) is 10.8. The van der Waals surface area contributed by atoms with Gasteiger partial charge >= 0.3 is 0 Å². The van der Waals surface area contributed by atoms with Gasteiger partial charge in [-0.05, 0) is 27.4 Å². The molecule has 1 rings (SSSR count). The molecule has 2 N–H and O–H groups in total. The molecule has 0 fully saturated rings. The fourth-order valence-corrected chi connectivity index (χ4v) is 2.15. The van der Waals surface area contributed by atoms with Crippen LogP contribution < -0.4 is 5.73 Å². The van der Waals surface area contributed by atoms with Crippen molar-refractivity contribution in [2.24, 2.45) is 5.73 Å². The highest BCUT2D eigenvalue weighted by Crippen LogP contribution is 2.23. The molecule has 0 saturated carbocycles. The molecule has 0 aliphatic heterocycles. The van der Waals surface area contributed by atoms with E-state index in [9.17, 15) is 0 Å². The van der Waals surface area contributed by atoms with Crippen molar-refractivity contribution in [2.45, 2.75) is 32.4 Å². The summed E-state index contributed by atoms with van der Waals surface area (Å²) in [7, 11) is 4.09. The lowest BCUT2D eigenvalue weighted by Crippen LogP contribution is -2.32. The Morgan fingerprint density at radius 3 is 2.71 bits per heavy atom. The molecule has 4 heteroatoms. The van der Waals surface area contributed by atoms with Crippen LogP contribution in [0.3, 0.4) is 0 Å². The Hall–Kier alpha value is -0.450. The van der Waals surface area contributed by atoms with E-state index in [2.05, 4.69) is 22.2 Å². The van der Waals surface area contributed by atoms with Gasteiger partial charge in [-0.15, -0.1) is 11.3 Å². The molecule has 1 atom stereocenters. The summed E-state index contributed by atoms with van der Waals surface area (Å²) in [6.45, 7) is 5.01. The quantitative estimate of drug-likeness (QED) is 0.829. The highest BCUT2D eigenvalue weighted by molar-refractivity contribution is 7.09. The average molecular weight is 213 g/mol. The van der Waals surface area contributed by atoms with Crippen LogP contribution in [-0.4, -0.2) is 24.0 Å². The first-order valence-corrected chi connectivity index (χ1v) is 5.72. The summed E-state index contributed by atoms with van der Waals surface area (Å²) in [6, 6.07) is 0. The summed E-state index contributed by atoms with van der Waals surface area (Å²) >= 11 is 1.69. The van der Waals surface area contributed by atoms with E-state index < -0.39 is 0 Å². The molecular weight excluding hydrogens is 194 g/mol. The summed E-state index contributed by atoms with van der Waals surface area (Å²) in [5, 5.41) is 3.21. The van der Waals surface area contributed by atoms with Gasteiger partial charge in [0.2, 0.25) is 0 Å². The van der Waals surface area contributed by atoms with Crippen molar-refractivity contribution in [3.63, 3.8) is 0 Å². The number of nitrogens with two attached hydrogens (primary N) is 1. The summed E-state index contributed by atoms with van der Waals surface area (Å²) in [5.74, 6) is 0. The lowest BCUT2D eigenvalue weighted by atomic mass is 9.97. The van der Waals surface area contributed by atoms with Crippen LogP contribution in [0.4, 0.5) is 0 Å². The van der Waals surface area contributed by atoms with E-state index >= 15 is 0 Å². The first kappa shape index (κ1) is 11.6. The molecule has 3 nitrogen and oxygen atoms in total. The Morgan fingerprint density at radius 2 is 2.21 bits per heavy atom. The van der Waals surface area contributed by atoms with Gasteiger partial charge in [0, 0.05) is 11.9 Å². The van der Waals surface area contributed by atoms with Gasteiger partial charge in [0.15, 0.2) is 0 Å². The Balaban J connectivity index is 2.77. The SMILES string of the molecule is CCC(C)(N)c1csc(CN(C)C)n1. The minimum Gasteiger partial charge on any atom is -0.320 e. The maximum absolute atomic E-state index is 6.11. The van der Waals surface area contributed by atoms with E-state index in [0.29, 0.717) is 0 Å². The van der Waals surface area contributed by atoms with Gasteiger partial charge in [-0.2, -0.15) is 0 Å². The Kier molecular flexibility index (Phi) is 3.64. The lowest BCUT2D eigenvalue weighted by molar-refractivity contribution is 0.398. The molecule has 0 aliphatic rings. The van der Waals surface area contributed by atoms with Crippen LogP contribution in [-0.2, 0) is 12.1 Å². The van der Waals surface area contributed by atoms with E-state index in [4.69, 9.17) is 5.73 Å². The normalized spacial score (nSPS) is 15.9. The van der Waals surface area contributed by atoms with Crippen molar-refractivity contribution >= 4 is 11.3 Å². The van der Waals surface area contributed by atoms with Gasteiger partial charge in [-0.25, -0.2) is 4.98 Å². The van der Waals surface area contributed by atoms with Crippen LogP contribution in [0.25, 0.3) is 0 Å². The van der Waals surface area contributed by atoms with Crippen LogP contribution >= 0.6 is 11.3 Å². The summed E-state index contributed by atoms with van der Waals surface area (Å²) < 4.78 is 0. The number of aromatic nitrogens is 1. The number of nitrogens with zero attached hydrogens (tertiary/aromatic N) is 2. The predicted octanol–water partition coefficient (Wildman–Crippen LogP) is 1.79. The third-order valence-corrected chi connectivity index (χ3v) is 3.16. The topological polar surface area (TPSA) is 42.1 Å². The third-order valence-electron chi connectivity index (χ3n) is 2.32. The van der Waals surface area contributed by atoms with Crippen molar-refractivity contribution in [3.05, 3.63) is 16.1 Å². The van der Waals surface area contributed by atoms with E-state index in [1.54, 1.807) is 11.3 Å². The fraction of sp³-hybridized carbons (Fsp3) is 0.700. The van der Waals surface area contributed by atoms with Gasteiger partial charge in [-0.1, -0.05) is 6.92 Å². The monoisotopic (exact) mass is 213 g/mol. The molecule has 80 valence electrons. The van der Waals surface area contributed by atoms with Gasteiger partial charge in [0.25, 0.3) is 0 Å². The molecule has 1 aromatic heterocycles. The molecule has 0 bridgehead atoms. The van der Waals surface area contributed by atoms with Crippen LogP contribution in [0, 0.1) is 0 Å². The van der Waals surface area contributed by atoms with Crippen molar-refractivity contribution in [1.29, 1.82) is 0 Å². The summed E-state index contributed by atoms with van der Waals surface area (Å²) in [5.41, 5.74) is 6.85. The van der Waals surface area contributed by atoms with Crippen LogP contribution in [0.1, 0.15) is 31.0 Å². The second kappa shape index (κ2) is 4.38. The number of hydrogen-bond acceptors (Lipinski definition) is 4. The van der Waals surface area contributed by atoms with Crippen molar-refractivity contribution in [1.82, 2.24) is 9.88 Å². The maximum atomic E-state index is 6.11. The lowest BCUT2D eigenvalue weighted by Gasteiger charge is -2.19. The van der Waals surface area contributed by atoms with Crippen molar-refractivity contribution in [2.75, 3.05) is 14.1 Å². The largest absolute Gasteiger partial charge is 0.320 e. The minimum atomic E-state index is -0.277. The zero-order valence-electron chi connectivity index (χ0n) is 9.37. The zero-order valence-corrected chi connectivity index (χ0v) is 10.2. The van der Waals surface area contributed by atoms with Crippen molar-refractivity contribution < 1.29 is 0 Å². The van der Waals surface area contributed by atoms with Gasteiger partial charge in [-0.3, -0.25) is 0 Å². The molecule has 0 aliphatic carbocycles. The van der Waals surface area contributed by atoms with Gasteiger partial charge < -0.3 is 10.6 Å². The van der Waals surface area contributed by atoms with E-state index in [-0.39, 0.29) is 5.54 Å². The van der Waals surface area contributed by atoms with E-state index in [0.717, 1.165) is 23.7 Å². The van der Waals surface area contributed by atoms with E-state index in [1.165, 1.54) is 0 Å². The number of rotatable bonds is 4. The van der Waals surface area contributed by atoms with Crippen LogP contribution in [0.15, 0.2) is 5.38 Å². The molecule has 0 spiro atoms. The standard InChI is InChI=1S/C10H19N3S/c1-5-10(2,11)8-7-14-9(12-8)6-13(3)4/h7H,5-6,11H2,1-4H3. The summed E-state index contributed by atoms with van der Waals surface area (Å²) in [6.07, 6.45) is 0.915. The first-order chi connectivity index (χ1) is 6.45. The fourth-order valence-electron chi connectivity index (χ4n) is 1.10. The highest BCUT2D eigenvalue weighted by Gasteiger charge is 2.21. The van der Waals surface area contributed by atoms with E-state index in [1.807, 2.05) is 21.0 Å². The van der Waals surface area contributed by atoms with Gasteiger partial charge in [0.1, 0.15) is 5.01 Å². The molecule has 0 aromatic carbocycles.